The Morgan fingerprint density at radius 1 is 0.615 bits per heavy atom. The third-order valence-corrected chi connectivity index (χ3v) is 4.80. The smallest absolute Gasteiger partial charge is 0.258 e. The van der Waals surface area contributed by atoms with E-state index in [1.807, 2.05) is 72.8 Å². The molecule has 3 aromatic carbocycles. The molecule has 0 fully saturated rings. The number of hydrogen-bond donors (Lipinski definition) is 2. The maximum absolute atomic E-state index is 13.0. The molecule has 2 N–H and O–H groups in total. The average Bonchev–Trinajstić information content (AvgIpc) is 3.09. The molecule has 0 saturated carbocycles. The predicted molar refractivity (Wildman–Crippen MR) is 107 cm³/mol. The Labute approximate surface area is 149 Å². The minimum absolute atomic E-state index is 0.0732. The first-order chi connectivity index (χ1) is 12.8. The van der Waals surface area contributed by atoms with Gasteiger partial charge in [0.15, 0.2) is 0 Å². The first-order valence-corrected chi connectivity index (χ1v) is 8.60. The van der Waals surface area contributed by atoms with E-state index in [4.69, 9.17) is 0 Å². The van der Waals surface area contributed by atoms with Crippen molar-refractivity contribution in [2.24, 2.45) is 0 Å². The number of fused-ring (bicyclic) bond motifs is 3. The Balaban J connectivity index is 2.00. The average molecular weight is 336 g/mol. The van der Waals surface area contributed by atoms with E-state index in [1.54, 1.807) is 0 Å². The fourth-order valence-corrected chi connectivity index (χ4v) is 3.64. The van der Waals surface area contributed by atoms with Crippen LogP contribution in [0.5, 0.6) is 0 Å². The van der Waals surface area contributed by atoms with Crippen molar-refractivity contribution in [1.82, 2.24) is 9.97 Å². The molecule has 2 heterocycles. The van der Waals surface area contributed by atoms with Crippen molar-refractivity contribution in [2.75, 3.05) is 0 Å². The van der Waals surface area contributed by atoms with Gasteiger partial charge in [-0.25, -0.2) is 0 Å². The number of rotatable bonds is 2. The van der Waals surface area contributed by atoms with Crippen molar-refractivity contribution in [3.05, 3.63) is 95.3 Å². The van der Waals surface area contributed by atoms with Crippen LogP contribution in [0, 0.1) is 0 Å². The summed E-state index contributed by atoms with van der Waals surface area (Å²) in [4.78, 5) is 19.6. The minimum Gasteiger partial charge on any atom is -0.354 e. The molecule has 2 aromatic heterocycles. The van der Waals surface area contributed by atoms with E-state index in [0.29, 0.717) is 5.39 Å². The van der Waals surface area contributed by atoms with Crippen molar-refractivity contribution in [1.29, 1.82) is 0 Å². The Kier molecular flexibility index (Phi) is 3.25. The normalized spacial score (nSPS) is 11.2. The van der Waals surface area contributed by atoms with E-state index in [0.717, 1.165) is 38.8 Å². The Bertz CT molecular complexity index is 1280. The van der Waals surface area contributed by atoms with Crippen LogP contribution in [0.15, 0.2) is 89.7 Å². The van der Waals surface area contributed by atoms with Crippen molar-refractivity contribution < 1.29 is 0 Å². The van der Waals surface area contributed by atoms with E-state index in [2.05, 4.69) is 22.1 Å². The monoisotopic (exact) mass is 336 g/mol. The lowest BCUT2D eigenvalue weighted by Crippen LogP contribution is -2.08. The molecule has 3 nitrogen and oxygen atoms in total. The van der Waals surface area contributed by atoms with Gasteiger partial charge in [0, 0.05) is 16.5 Å². The molecule has 0 radical (unpaired) electrons. The molecule has 0 spiro atoms. The van der Waals surface area contributed by atoms with Crippen LogP contribution in [0.4, 0.5) is 0 Å². The number of aromatic amines is 2. The quantitative estimate of drug-likeness (QED) is 0.449. The fraction of sp³-hybridized carbons (Fsp3) is 0. The molecule has 0 aliphatic heterocycles. The Morgan fingerprint density at radius 2 is 1.23 bits per heavy atom. The molecule has 3 heteroatoms. The van der Waals surface area contributed by atoms with Crippen LogP contribution in [0.1, 0.15) is 0 Å². The van der Waals surface area contributed by atoms with Crippen LogP contribution in [-0.2, 0) is 0 Å². The molecule has 5 aromatic rings. The zero-order valence-electron chi connectivity index (χ0n) is 14.0. The molecule has 0 aliphatic rings. The van der Waals surface area contributed by atoms with Crippen LogP contribution in [-0.4, -0.2) is 9.97 Å². The second kappa shape index (κ2) is 5.74. The summed E-state index contributed by atoms with van der Waals surface area (Å²) >= 11 is 0. The molecule has 26 heavy (non-hydrogen) atoms. The number of nitrogens with one attached hydrogen (secondary N) is 2. The van der Waals surface area contributed by atoms with E-state index < -0.39 is 0 Å². The molecule has 0 unspecified atom stereocenters. The van der Waals surface area contributed by atoms with Gasteiger partial charge in [0.05, 0.1) is 16.6 Å². The van der Waals surface area contributed by atoms with Gasteiger partial charge in [-0.15, -0.1) is 0 Å². The highest BCUT2D eigenvalue weighted by molar-refractivity contribution is 6.13. The molecular weight excluding hydrogens is 320 g/mol. The maximum Gasteiger partial charge on any atom is 0.258 e. The topological polar surface area (TPSA) is 48.6 Å². The minimum atomic E-state index is -0.0732. The lowest BCUT2D eigenvalue weighted by Gasteiger charge is -2.11. The van der Waals surface area contributed by atoms with Gasteiger partial charge in [0.1, 0.15) is 0 Å². The summed E-state index contributed by atoms with van der Waals surface area (Å²) in [6.45, 7) is 0. The summed E-state index contributed by atoms with van der Waals surface area (Å²) in [5, 5.41) is 1.65. The van der Waals surface area contributed by atoms with Crippen molar-refractivity contribution in [3.8, 4) is 22.4 Å². The first-order valence-electron chi connectivity index (χ1n) is 8.60. The third-order valence-electron chi connectivity index (χ3n) is 4.80. The summed E-state index contributed by atoms with van der Waals surface area (Å²) in [6.07, 6.45) is 0. The fourth-order valence-electron chi connectivity index (χ4n) is 3.64. The van der Waals surface area contributed by atoms with Crippen molar-refractivity contribution in [3.63, 3.8) is 0 Å². The van der Waals surface area contributed by atoms with E-state index in [-0.39, 0.29) is 5.56 Å². The summed E-state index contributed by atoms with van der Waals surface area (Å²) in [5.74, 6) is 0. The Hall–Kier alpha value is -3.59. The zero-order chi connectivity index (χ0) is 17.5. The molecule has 0 amide bonds. The number of pyridine rings is 1. The molecule has 5 rings (SSSR count). The second-order valence-corrected chi connectivity index (χ2v) is 6.36. The van der Waals surface area contributed by atoms with Crippen LogP contribution >= 0.6 is 0 Å². The van der Waals surface area contributed by atoms with E-state index in [1.165, 1.54) is 0 Å². The number of aromatic nitrogens is 2. The maximum atomic E-state index is 13.0. The second-order valence-electron chi connectivity index (χ2n) is 6.36. The lowest BCUT2D eigenvalue weighted by atomic mass is 9.97. The van der Waals surface area contributed by atoms with Gasteiger partial charge >= 0.3 is 0 Å². The standard InChI is InChI=1S/C23H16N2O/c26-23-20-17-13-7-8-14-18(17)24-22(20)19(15-9-3-1-4-10-15)21(25-23)16-11-5-2-6-12-16/h1-14,24H,(H,25,26). The number of H-pyrrole nitrogens is 2. The van der Waals surface area contributed by atoms with E-state index >= 15 is 0 Å². The van der Waals surface area contributed by atoms with Crippen molar-refractivity contribution >= 4 is 21.8 Å². The molecule has 0 bridgehead atoms. The van der Waals surface area contributed by atoms with Gasteiger partial charge in [0.25, 0.3) is 5.56 Å². The summed E-state index contributed by atoms with van der Waals surface area (Å²) < 4.78 is 0. The summed E-state index contributed by atoms with van der Waals surface area (Å²) in [5.41, 5.74) is 5.68. The number of para-hydroxylation sites is 1. The van der Waals surface area contributed by atoms with Gasteiger partial charge < -0.3 is 9.97 Å². The highest BCUT2D eigenvalue weighted by atomic mass is 16.1. The molecule has 0 aliphatic carbocycles. The van der Waals surface area contributed by atoms with Crippen LogP contribution in [0.3, 0.4) is 0 Å². The SMILES string of the molecule is O=c1[nH]c(-c2ccccc2)c(-c2ccccc2)c2[nH]c3ccccc3c12. The van der Waals surface area contributed by atoms with Gasteiger partial charge in [-0.1, -0.05) is 78.9 Å². The van der Waals surface area contributed by atoms with Crippen LogP contribution in [0.2, 0.25) is 0 Å². The lowest BCUT2D eigenvalue weighted by molar-refractivity contribution is 1.28. The largest absolute Gasteiger partial charge is 0.354 e. The molecular formula is C23H16N2O. The molecule has 0 atom stereocenters. The predicted octanol–water partition coefficient (Wildman–Crippen LogP) is 5.34. The summed E-state index contributed by atoms with van der Waals surface area (Å²) in [6, 6.07) is 28.1. The van der Waals surface area contributed by atoms with Crippen LogP contribution < -0.4 is 5.56 Å². The van der Waals surface area contributed by atoms with Crippen LogP contribution in [0.25, 0.3) is 44.2 Å². The highest BCUT2D eigenvalue weighted by Crippen LogP contribution is 2.36. The molecule has 124 valence electrons. The third kappa shape index (κ3) is 2.18. The van der Waals surface area contributed by atoms with Gasteiger partial charge in [0.2, 0.25) is 0 Å². The Morgan fingerprint density at radius 3 is 1.96 bits per heavy atom. The van der Waals surface area contributed by atoms with Crippen molar-refractivity contribution in [2.45, 2.75) is 0 Å². The first kappa shape index (κ1) is 14.7. The summed E-state index contributed by atoms with van der Waals surface area (Å²) in [7, 11) is 0. The van der Waals surface area contributed by atoms with E-state index in [9.17, 15) is 4.79 Å². The van der Waals surface area contributed by atoms with Gasteiger partial charge in [-0.05, 0) is 17.2 Å². The van der Waals surface area contributed by atoms with Gasteiger partial charge in [-0.2, -0.15) is 0 Å². The van der Waals surface area contributed by atoms with Gasteiger partial charge in [-0.3, -0.25) is 4.79 Å². The number of hydrogen-bond acceptors (Lipinski definition) is 1. The number of benzene rings is 3. The highest BCUT2D eigenvalue weighted by Gasteiger charge is 2.18. The molecule has 0 saturated heterocycles. The zero-order valence-corrected chi connectivity index (χ0v) is 14.0.